The summed E-state index contributed by atoms with van der Waals surface area (Å²) in [5, 5.41) is 0. The number of unbranched alkanes of at least 4 members (excludes halogenated alkanes) is 2. The number of esters is 1. The van der Waals surface area contributed by atoms with E-state index in [1.165, 1.54) is 72.8 Å². The van der Waals surface area contributed by atoms with E-state index in [1.54, 1.807) is 0 Å². The fraction of sp³-hybridized carbons (Fsp3) is 0.222. The quantitative estimate of drug-likeness (QED) is 0.0267. The van der Waals surface area contributed by atoms with Gasteiger partial charge in [0.05, 0.1) is 12.2 Å². The monoisotopic (exact) mass is 690 g/mol. The third-order valence-electron chi connectivity index (χ3n) is 6.86. The van der Waals surface area contributed by atoms with E-state index in [0.29, 0.717) is 12.8 Å². The molecule has 256 valence electrons. The molecule has 5 nitrogen and oxygen atoms in total. The zero-order valence-electron chi connectivity index (χ0n) is 25.6. The summed E-state index contributed by atoms with van der Waals surface area (Å²) in [6.07, 6.45) is -1.94. The van der Waals surface area contributed by atoms with Crippen molar-refractivity contribution in [2.45, 2.75) is 38.5 Å². The van der Waals surface area contributed by atoms with Gasteiger partial charge in [-0.05, 0) is 79.2 Å². The smallest absolute Gasteiger partial charge is 0.343 e. The van der Waals surface area contributed by atoms with Gasteiger partial charge in [-0.3, -0.25) is 4.79 Å². The molecule has 0 heterocycles. The molecule has 0 unspecified atom stereocenters. The Labute approximate surface area is 275 Å². The molecule has 0 atom stereocenters. The fourth-order valence-corrected chi connectivity index (χ4v) is 4.15. The second-order valence-electron chi connectivity index (χ2n) is 10.5. The maximum Gasteiger partial charge on any atom is 0.343 e. The zero-order valence-corrected chi connectivity index (χ0v) is 25.6. The van der Waals surface area contributed by atoms with Crippen molar-refractivity contribution in [1.29, 1.82) is 0 Å². The van der Waals surface area contributed by atoms with Gasteiger partial charge in [-0.2, -0.15) is 17.6 Å². The first-order valence-corrected chi connectivity index (χ1v) is 14.7. The topological polar surface area (TPSA) is 61.8 Å². The van der Waals surface area contributed by atoms with E-state index in [9.17, 15) is 44.7 Å². The first-order valence-electron chi connectivity index (χ1n) is 14.7. The van der Waals surface area contributed by atoms with E-state index in [2.05, 4.69) is 16.6 Å². The summed E-state index contributed by atoms with van der Waals surface area (Å²) in [6.45, 7) is 0.244. The van der Waals surface area contributed by atoms with E-state index in [-0.39, 0.29) is 40.4 Å². The molecule has 0 spiro atoms. The van der Waals surface area contributed by atoms with Gasteiger partial charge in [0.2, 0.25) is 11.6 Å². The number of ketones is 1. The Morgan fingerprint density at radius 1 is 0.694 bits per heavy atom. The Bertz CT molecular complexity index is 1820. The number of hydrogen-bond donors (Lipinski definition) is 0. The molecule has 0 saturated heterocycles. The first-order chi connectivity index (χ1) is 23.3. The molecule has 0 aromatic heterocycles. The molecule has 0 bridgehead atoms. The third-order valence-corrected chi connectivity index (χ3v) is 6.86. The standard InChI is InChI=1S/C36H26F8O5/c1-2-3-4-19-47-33-30(39)28(37)27(29(38)31(33)40)18-7-21-5-8-24(9-6-21)34(46)49-26-16-12-23(13-17-26)32(45)22-10-14-25(15-11-22)48-20-36(43,44)35(41)42/h5-6,8-17,35H,2-4,19-20H2,1H3. The van der Waals surface area contributed by atoms with Crippen molar-refractivity contribution in [3.05, 3.63) is 124 Å². The van der Waals surface area contributed by atoms with Crippen LogP contribution in [0.4, 0.5) is 35.1 Å². The van der Waals surface area contributed by atoms with Gasteiger partial charge in [-0.1, -0.05) is 31.6 Å². The molecular weight excluding hydrogens is 664 g/mol. The van der Waals surface area contributed by atoms with Crippen LogP contribution in [0.1, 0.15) is 63.6 Å². The molecule has 0 fully saturated rings. The maximum atomic E-state index is 14.5. The van der Waals surface area contributed by atoms with E-state index >= 15 is 0 Å². The molecule has 0 aliphatic carbocycles. The Hall–Kier alpha value is -5.38. The lowest BCUT2D eigenvalue weighted by Crippen LogP contribution is -2.33. The lowest BCUT2D eigenvalue weighted by atomic mass is 10.0. The van der Waals surface area contributed by atoms with E-state index in [0.717, 1.165) is 6.42 Å². The lowest BCUT2D eigenvalue weighted by molar-refractivity contribution is -0.148. The van der Waals surface area contributed by atoms with Crippen LogP contribution in [0.5, 0.6) is 17.2 Å². The summed E-state index contributed by atoms with van der Waals surface area (Å²) >= 11 is 0. The van der Waals surface area contributed by atoms with Gasteiger partial charge in [0.15, 0.2) is 29.8 Å². The van der Waals surface area contributed by atoms with Crippen molar-refractivity contribution >= 4 is 11.8 Å². The van der Waals surface area contributed by atoms with Crippen molar-refractivity contribution in [2.75, 3.05) is 13.2 Å². The number of ether oxygens (including phenoxy) is 3. The SMILES string of the molecule is CCCCCOc1c(F)c(F)c(C#Cc2ccc(C(=O)Oc3ccc(C(=O)c4ccc(OCC(F)(F)C(F)F)cc4)cc3)cc2)c(F)c1F. The number of hydrogen-bond acceptors (Lipinski definition) is 5. The number of halogens is 8. The number of carbonyl (C=O) groups excluding carboxylic acids is 2. The molecule has 4 aromatic carbocycles. The van der Waals surface area contributed by atoms with E-state index in [1.807, 2.05) is 6.92 Å². The Balaban J connectivity index is 1.36. The molecule has 0 aliphatic heterocycles. The van der Waals surface area contributed by atoms with E-state index in [4.69, 9.17) is 9.47 Å². The highest BCUT2D eigenvalue weighted by Gasteiger charge is 2.41. The maximum absolute atomic E-state index is 14.5. The Kier molecular flexibility index (Phi) is 12.0. The zero-order chi connectivity index (χ0) is 35.7. The number of alkyl halides is 4. The predicted octanol–water partition coefficient (Wildman–Crippen LogP) is 8.94. The van der Waals surface area contributed by atoms with Gasteiger partial charge in [-0.25, -0.2) is 22.4 Å². The van der Waals surface area contributed by atoms with Crippen molar-refractivity contribution in [3.63, 3.8) is 0 Å². The van der Waals surface area contributed by atoms with Gasteiger partial charge in [-0.15, -0.1) is 0 Å². The summed E-state index contributed by atoms with van der Waals surface area (Å²) in [4.78, 5) is 25.4. The number of rotatable bonds is 13. The second-order valence-corrected chi connectivity index (χ2v) is 10.5. The summed E-state index contributed by atoms with van der Waals surface area (Å²) in [5.74, 6) is -9.15. The Morgan fingerprint density at radius 3 is 1.76 bits per heavy atom. The normalized spacial score (nSPS) is 11.1. The van der Waals surface area contributed by atoms with Gasteiger partial charge in [0.1, 0.15) is 17.1 Å². The largest absolute Gasteiger partial charge is 0.487 e. The van der Waals surface area contributed by atoms with Gasteiger partial charge < -0.3 is 14.2 Å². The highest BCUT2D eigenvalue weighted by Crippen LogP contribution is 2.30. The Morgan fingerprint density at radius 2 is 1.22 bits per heavy atom. The molecular formula is C36H26F8O5. The van der Waals surface area contributed by atoms with Crippen LogP contribution in [0.25, 0.3) is 0 Å². The van der Waals surface area contributed by atoms with Gasteiger partial charge >= 0.3 is 18.3 Å². The highest BCUT2D eigenvalue weighted by atomic mass is 19.3. The molecule has 0 saturated carbocycles. The van der Waals surface area contributed by atoms with E-state index < -0.39 is 65.3 Å². The van der Waals surface area contributed by atoms with Crippen molar-refractivity contribution < 1.29 is 58.9 Å². The van der Waals surface area contributed by atoms with Crippen LogP contribution in [0.15, 0.2) is 72.8 Å². The number of carbonyl (C=O) groups is 2. The molecule has 4 rings (SSSR count). The molecule has 0 N–H and O–H groups in total. The van der Waals surface area contributed by atoms with Crippen LogP contribution in [-0.4, -0.2) is 37.3 Å². The van der Waals surface area contributed by atoms with Crippen LogP contribution < -0.4 is 14.2 Å². The summed E-state index contributed by atoms with van der Waals surface area (Å²) < 4.78 is 123. The summed E-state index contributed by atoms with van der Waals surface area (Å²) in [6, 6.07) is 15.6. The molecule has 4 aromatic rings. The van der Waals surface area contributed by atoms with Crippen molar-refractivity contribution in [3.8, 4) is 29.1 Å². The van der Waals surface area contributed by atoms with Crippen molar-refractivity contribution in [2.24, 2.45) is 0 Å². The average Bonchev–Trinajstić information content (AvgIpc) is 3.10. The first kappa shape index (κ1) is 36.5. The minimum atomic E-state index is -4.33. The predicted molar refractivity (Wildman–Crippen MR) is 161 cm³/mol. The van der Waals surface area contributed by atoms with Crippen molar-refractivity contribution in [1.82, 2.24) is 0 Å². The van der Waals surface area contributed by atoms with Crippen LogP contribution in [-0.2, 0) is 0 Å². The van der Waals surface area contributed by atoms with Crippen LogP contribution >= 0.6 is 0 Å². The lowest BCUT2D eigenvalue weighted by Gasteiger charge is -2.16. The minimum absolute atomic E-state index is 0.0540. The third kappa shape index (κ3) is 9.16. The van der Waals surface area contributed by atoms with Gasteiger partial charge in [0.25, 0.3) is 0 Å². The molecule has 0 radical (unpaired) electrons. The minimum Gasteiger partial charge on any atom is -0.487 e. The summed E-state index contributed by atoms with van der Waals surface area (Å²) in [5.41, 5.74) is -0.585. The van der Waals surface area contributed by atoms with Crippen LogP contribution in [0.2, 0.25) is 0 Å². The van der Waals surface area contributed by atoms with Crippen LogP contribution in [0, 0.1) is 35.1 Å². The molecule has 0 aliphatic rings. The molecule has 13 heteroatoms. The molecule has 49 heavy (non-hydrogen) atoms. The average molecular weight is 691 g/mol. The molecule has 0 amide bonds. The van der Waals surface area contributed by atoms with Gasteiger partial charge in [0, 0.05) is 16.7 Å². The highest BCUT2D eigenvalue weighted by molar-refractivity contribution is 6.09. The second kappa shape index (κ2) is 16.1. The summed E-state index contributed by atoms with van der Waals surface area (Å²) in [7, 11) is 0. The number of benzene rings is 4. The fourth-order valence-electron chi connectivity index (χ4n) is 4.15. The van der Waals surface area contributed by atoms with Crippen LogP contribution in [0.3, 0.4) is 0 Å².